The van der Waals surface area contributed by atoms with Gasteiger partial charge in [-0.3, -0.25) is 4.79 Å². The first-order valence-electron chi connectivity index (χ1n) is 6.69. The molecule has 104 valence electrons. The van der Waals surface area contributed by atoms with E-state index in [0.29, 0.717) is 17.4 Å². The van der Waals surface area contributed by atoms with Crippen LogP contribution in [0.25, 0.3) is 0 Å². The van der Waals surface area contributed by atoms with Gasteiger partial charge < -0.3 is 9.84 Å². The standard InChI is InChI=1S/C15H19ClO3/c1-10(15(17)18)5-12-6-13(16)8-14(7-12)19-9-11-3-2-4-11/h6-8,10-11H,2-5,9H2,1H3,(H,17,18). The summed E-state index contributed by atoms with van der Waals surface area (Å²) in [6.07, 6.45) is 4.24. The van der Waals surface area contributed by atoms with Crippen molar-refractivity contribution in [2.75, 3.05) is 6.61 Å². The van der Waals surface area contributed by atoms with Crippen molar-refractivity contribution in [3.8, 4) is 5.75 Å². The van der Waals surface area contributed by atoms with Crippen LogP contribution in [0.1, 0.15) is 31.7 Å². The summed E-state index contributed by atoms with van der Waals surface area (Å²) in [5, 5.41) is 9.53. The first-order chi connectivity index (χ1) is 9.04. The summed E-state index contributed by atoms with van der Waals surface area (Å²) in [7, 11) is 0. The van der Waals surface area contributed by atoms with Crippen molar-refractivity contribution in [1.29, 1.82) is 0 Å². The second-order valence-electron chi connectivity index (χ2n) is 5.35. The monoisotopic (exact) mass is 282 g/mol. The number of carboxylic acid groups (broad SMARTS) is 1. The lowest BCUT2D eigenvalue weighted by Crippen LogP contribution is -2.19. The summed E-state index contributed by atoms with van der Waals surface area (Å²) >= 11 is 6.05. The fourth-order valence-electron chi connectivity index (χ4n) is 2.14. The minimum atomic E-state index is -0.795. The molecular formula is C15H19ClO3. The third-order valence-electron chi connectivity index (χ3n) is 3.60. The Kier molecular flexibility index (Phi) is 4.70. The molecule has 0 heterocycles. The topological polar surface area (TPSA) is 46.5 Å². The van der Waals surface area contributed by atoms with E-state index in [1.807, 2.05) is 6.07 Å². The molecule has 1 aliphatic carbocycles. The molecule has 1 aliphatic rings. The van der Waals surface area contributed by atoms with E-state index in [2.05, 4.69) is 0 Å². The number of halogens is 1. The molecule has 4 heteroatoms. The van der Waals surface area contributed by atoms with Gasteiger partial charge in [-0.1, -0.05) is 24.9 Å². The van der Waals surface area contributed by atoms with Gasteiger partial charge in [0.25, 0.3) is 0 Å². The molecule has 0 saturated heterocycles. The van der Waals surface area contributed by atoms with Crippen LogP contribution in [-0.2, 0) is 11.2 Å². The number of rotatable bonds is 6. The van der Waals surface area contributed by atoms with Crippen molar-refractivity contribution in [2.45, 2.75) is 32.6 Å². The van der Waals surface area contributed by atoms with Crippen molar-refractivity contribution >= 4 is 17.6 Å². The molecule has 2 rings (SSSR count). The van der Waals surface area contributed by atoms with Gasteiger partial charge in [-0.15, -0.1) is 0 Å². The summed E-state index contributed by atoms with van der Waals surface area (Å²) in [4.78, 5) is 10.9. The Morgan fingerprint density at radius 3 is 2.79 bits per heavy atom. The smallest absolute Gasteiger partial charge is 0.306 e. The Hall–Kier alpha value is -1.22. The Morgan fingerprint density at radius 1 is 1.47 bits per heavy atom. The molecule has 1 fully saturated rings. The molecular weight excluding hydrogens is 264 g/mol. The Morgan fingerprint density at radius 2 is 2.21 bits per heavy atom. The zero-order chi connectivity index (χ0) is 13.8. The van der Waals surface area contributed by atoms with Crippen LogP contribution in [0.15, 0.2) is 18.2 Å². The molecule has 0 bridgehead atoms. The minimum Gasteiger partial charge on any atom is -0.493 e. The molecule has 3 nitrogen and oxygen atoms in total. The molecule has 1 aromatic rings. The molecule has 1 N–H and O–H groups in total. The maximum Gasteiger partial charge on any atom is 0.306 e. The van der Waals surface area contributed by atoms with Crippen LogP contribution in [0, 0.1) is 11.8 Å². The van der Waals surface area contributed by atoms with Gasteiger partial charge in [0.2, 0.25) is 0 Å². The second-order valence-corrected chi connectivity index (χ2v) is 5.78. The van der Waals surface area contributed by atoms with Crippen molar-refractivity contribution in [3.05, 3.63) is 28.8 Å². The van der Waals surface area contributed by atoms with Gasteiger partial charge in [0, 0.05) is 5.02 Å². The van der Waals surface area contributed by atoms with Gasteiger partial charge in [-0.2, -0.15) is 0 Å². The molecule has 1 saturated carbocycles. The third kappa shape index (κ3) is 4.13. The predicted molar refractivity (Wildman–Crippen MR) is 74.8 cm³/mol. The fraction of sp³-hybridized carbons (Fsp3) is 0.533. The zero-order valence-electron chi connectivity index (χ0n) is 11.1. The summed E-state index contributed by atoms with van der Waals surface area (Å²) in [5.41, 5.74) is 0.908. The largest absolute Gasteiger partial charge is 0.493 e. The summed E-state index contributed by atoms with van der Waals surface area (Å²) < 4.78 is 5.74. The Balaban J connectivity index is 1.99. The van der Waals surface area contributed by atoms with Gasteiger partial charge >= 0.3 is 5.97 Å². The van der Waals surface area contributed by atoms with E-state index in [-0.39, 0.29) is 0 Å². The van der Waals surface area contributed by atoms with Gasteiger partial charge in [-0.05, 0) is 48.9 Å². The number of aliphatic carboxylic acids is 1. The number of hydrogen-bond acceptors (Lipinski definition) is 2. The number of carboxylic acids is 1. The quantitative estimate of drug-likeness (QED) is 0.864. The van der Waals surface area contributed by atoms with Gasteiger partial charge in [-0.25, -0.2) is 0 Å². The normalized spacial score (nSPS) is 16.7. The van der Waals surface area contributed by atoms with Crippen molar-refractivity contribution < 1.29 is 14.6 Å². The van der Waals surface area contributed by atoms with Crippen molar-refractivity contribution in [1.82, 2.24) is 0 Å². The SMILES string of the molecule is CC(Cc1cc(Cl)cc(OCC2CCC2)c1)C(=O)O. The van der Waals surface area contributed by atoms with Gasteiger partial charge in [0.1, 0.15) is 5.75 Å². The lowest BCUT2D eigenvalue weighted by atomic mass is 9.86. The van der Waals surface area contributed by atoms with Crippen LogP contribution in [0.3, 0.4) is 0 Å². The van der Waals surface area contributed by atoms with E-state index >= 15 is 0 Å². The van der Waals surface area contributed by atoms with E-state index in [4.69, 9.17) is 21.4 Å². The predicted octanol–water partition coefficient (Wildman–Crippen LogP) is 3.78. The molecule has 1 unspecified atom stereocenters. The summed E-state index contributed by atoms with van der Waals surface area (Å²) in [6.45, 7) is 2.42. The van der Waals surface area contributed by atoms with E-state index < -0.39 is 11.9 Å². The van der Waals surface area contributed by atoms with Crippen LogP contribution in [-0.4, -0.2) is 17.7 Å². The molecule has 0 radical (unpaired) electrons. The van der Waals surface area contributed by atoms with Gasteiger partial charge in [0.15, 0.2) is 0 Å². The summed E-state index contributed by atoms with van der Waals surface area (Å²) in [5.74, 6) is 0.197. The van der Waals surface area contributed by atoms with Gasteiger partial charge in [0.05, 0.1) is 12.5 Å². The third-order valence-corrected chi connectivity index (χ3v) is 3.82. The molecule has 0 aliphatic heterocycles. The first kappa shape index (κ1) is 14.2. The highest BCUT2D eigenvalue weighted by Crippen LogP contribution is 2.28. The number of carbonyl (C=O) groups is 1. The molecule has 1 atom stereocenters. The van der Waals surface area contributed by atoms with Crippen LogP contribution >= 0.6 is 11.6 Å². The molecule has 0 spiro atoms. The molecule has 1 aromatic carbocycles. The van der Waals surface area contributed by atoms with E-state index in [0.717, 1.165) is 17.9 Å². The second kappa shape index (κ2) is 6.29. The number of benzene rings is 1. The van der Waals surface area contributed by atoms with Crippen LogP contribution in [0.5, 0.6) is 5.75 Å². The highest BCUT2D eigenvalue weighted by Gasteiger charge is 2.18. The van der Waals surface area contributed by atoms with E-state index in [1.54, 1.807) is 19.1 Å². The highest BCUT2D eigenvalue weighted by molar-refractivity contribution is 6.30. The average molecular weight is 283 g/mol. The minimum absolute atomic E-state index is 0.419. The van der Waals surface area contributed by atoms with Crippen molar-refractivity contribution in [3.63, 3.8) is 0 Å². The zero-order valence-corrected chi connectivity index (χ0v) is 11.8. The molecule has 0 amide bonds. The average Bonchev–Trinajstić information content (AvgIpc) is 2.25. The molecule has 0 aromatic heterocycles. The summed E-state index contributed by atoms with van der Waals surface area (Å²) in [6, 6.07) is 5.48. The first-order valence-corrected chi connectivity index (χ1v) is 7.07. The Bertz CT molecular complexity index is 455. The number of ether oxygens (including phenoxy) is 1. The lowest BCUT2D eigenvalue weighted by molar-refractivity contribution is -0.141. The maximum absolute atomic E-state index is 10.9. The maximum atomic E-state index is 10.9. The van der Waals surface area contributed by atoms with Crippen LogP contribution in [0.2, 0.25) is 5.02 Å². The van der Waals surface area contributed by atoms with Crippen LogP contribution in [0.4, 0.5) is 0 Å². The number of hydrogen-bond donors (Lipinski definition) is 1. The van der Waals surface area contributed by atoms with E-state index in [1.165, 1.54) is 19.3 Å². The van der Waals surface area contributed by atoms with E-state index in [9.17, 15) is 4.79 Å². The fourth-order valence-corrected chi connectivity index (χ4v) is 2.38. The lowest BCUT2D eigenvalue weighted by Gasteiger charge is -2.25. The molecule has 19 heavy (non-hydrogen) atoms. The highest BCUT2D eigenvalue weighted by atomic mass is 35.5. The van der Waals surface area contributed by atoms with Crippen LogP contribution < -0.4 is 4.74 Å². The Labute approximate surface area is 118 Å². The van der Waals surface area contributed by atoms with Crippen molar-refractivity contribution in [2.24, 2.45) is 11.8 Å².